The van der Waals surface area contributed by atoms with Crippen molar-refractivity contribution in [3.05, 3.63) is 76.3 Å². The maximum absolute atomic E-state index is 13.6. The number of halogens is 1. The van der Waals surface area contributed by atoms with E-state index >= 15 is 0 Å². The lowest BCUT2D eigenvalue weighted by molar-refractivity contribution is -0.160. The number of cyclic esters (lactones) is 1. The highest BCUT2D eigenvalue weighted by atomic mass is 35.5. The first-order valence-corrected chi connectivity index (χ1v) is 13.2. The molecule has 0 bridgehead atoms. The van der Waals surface area contributed by atoms with E-state index in [-0.39, 0.29) is 23.9 Å². The van der Waals surface area contributed by atoms with Gasteiger partial charge in [0.25, 0.3) is 0 Å². The second-order valence-corrected chi connectivity index (χ2v) is 11.6. The molecule has 1 aliphatic heterocycles. The predicted octanol–water partition coefficient (Wildman–Crippen LogP) is 6.82. The fraction of sp³-hybridized carbons (Fsp3) is 0.467. The molecule has 0 saturated carbocycles. The van der Waals surface area contributed by atoms with Crippen molar-refractivity contribution in [2.75, 3.05) is 18.1 Å². The van der Waals surface area contributed by atoms with Gasteiger partial charge < -0.3 is 9.47 Å². The van der Waals surface area contributed by atoms with Crippen LogP contribution in [-0.2, 0) is 26.1 Å². The summed E-state index contributed by atoms with van der Waals surface area (Å²) >= 11 is 5.96. The van der Waals surface area contributed by atoms with E-state index < -0.39 is 17.6 Å². The molecule has 5 rings (SSSR count). The van der Waals surface area contributed by atoms with Crippen LogP contribution in [0.4, 0.5) is 10.5 Å². The van der Waals surface area contributed by atoms with Crippen molar-refractivity contribution >= 4 is 29.4 Å². The van der Waals surface area contributed by atoms with Crippen LogP contribution in [0, 0.1) is 11.3 Å². The fourth-order valence-corrected chi connectivity index (χ4v) is 6.52. The highest BCUT2D eigenvalue weighted by Crippen LogP contribution is 2.55. The standard InChI is InChI=1S/C30H34ClNO4/c1-19(2)20-6-12-25-21(16-20)7-13-26-29(25,3)14-5-15-30(26,4)27(33)35-18-24-17-32(28(34)36-24)23-10-8-22(31)9-11-23/h5-6,8-12,15-16,19,24,26H,7,13-14,17-18H2,1-4H3/t24?,26?,29-,30-/m1/s1. The zero-order valence-electron chi connectivity index (χ0n) is 21.4. The van der Waals surface area contributed by atoms with Gasteiger partial charge in [-0.25, -0.2) is 4.79 Å². The monoisotopic (exact) mass is 507 g/mol. The maximum Gasteiger partial charge on any atom is 0.414 e. The molecule has 6 heteroatoms. The van der Waals surface area contributed by atoms with E-state index in [1.807, 2.05) is 13.0 Å². The van der Waals surface area contributed by atoms with Crippen molar-refractivity contribution < 1.29 is 19.1 Å². The van der Waals surface area contributed by atoms with Crippen LogP contribution < -0.4 is 4.90 Å². The molecule has 3 aliphatic rings. The number of benzene rings is 2. The summed E-state index contributed by atoms with van der Waals surface area (Å²) in [4.78, 5) is 27.5. The average Bonchev–Trinajstić information content (AvgIpc) is 3.22. The molecule has 2 aliphatic carbocycles. The molecule has 5 nitrogen and oxygen atoms in total. The van der Waals surface area contributed by atoms with Gasteiger partial charge in [-0.2, -0.15) is 0 Å². The second kappa shape index (κ2) is 9.26. The fourth-order valence-electron chi connectivity index (χ4n) is 6.40. The summed E-state index contributed by atoms with van der Waals surface area (Å²) in [5.74, 6) is 0.377. The molecular formula is C30H34ClNO4. The van der Waals surface area contributed by atoms with Gasteiger partial charge in [0.15, 0.2) is 6.10 Å². The van der Waals surface area contributed by atoms with Crippen LogP contribution in [0.3, 0.4) is 0 Å². The number of hydrogen-bond acceptors (Lipinski definition) is 4. The predicted molar refractivity (Wildman–Crippen MR) is 142 cm³/mol. The minimum absolute atomic E-state index is 0.0376. The molecule has 0 radical (unpaired) electrons. The third-order valence-corrected chi connectivity index (χ3v) is 8.72. The third kappa shape index (κ3) is 4.21. The number of anilines is 1. The van der Waals surface area contributed by atoms with Crippen LogP contribution in [0.5, 0.6) is 0 Å². The lowest BCUT2D eigenvalue weighted by Crippen LogP contribution is -2.51. The van der Waals surface area contributed by atoms with E-state index in [1.165, 1.54) is 21.6 Å². The number of esters is 1. The first-order valence-electron chi connectivity index (χ1n) is 12.8. The molecule has 2 aromatic rings. The Morgan fingerprint density at radius 1 is 1.19 bits per heavy atom. The van der Waals surface area contributed by atoms with Crippen molar-refractivity contribution in [3.8, 4) is 0 Å². The second-order valence-electron chi connectivity index (χ2n) is 11.2. The number of fused-ring (bicyclic) bond motifs is 3. The molecule has 1 fully saturated rings. The van der Waals surface area contributed by atoms with Crippen molar-refractivity contribution in [2.45, 2.75) is 64.4 Å². The molecular weight excluding hydrogens is 474 g/mol. The zero-order valence-corrected chi connectivity index (χ0v) is 22.2. The summed E-state index contributed by atoms with van der Waals surface area (Å²) in [5, 5.41) is 0.600. The van der Waals surface area contributed by atoms with E-state index in [4.69, 9.17) is 21.1 Å². The minimum Gasteiger partial charge on any atom is -0.461 e. The SMILES string of the molecule is CC(C)c1ccc2c(c1)CCC1[C@](C)(C(=O)OCC3CN(c4ccc(Cl)cc4)C(=O)O3)C=CC[C@]21C. The number of carbonyl (C=O) groups is 2. The van der Waals surface area contributed by atoms with Crippen molar-refractivity contribution in [1.29, 1.82) is 0 Å². The van der Waals surface area contributed by atoms with Gasteiger partial charge in [0.05, 0.1) is 12.0 Å². The van der Waals surface area contributed by atoms with E-state index in [9.17, 15) is 9.59 Å². The summed E-state index contributed by atoms with van der Waals surface area (Å²) in [6.07, 6.45) is 6.02. The highest BCUT2D eigenvalue weighted by Gasteiger charge is 2.54. The number of allylic oxidation sites excluding steroid dienone is 1. The smallest absolute Gasteiger partial charge is 0.414 e. The minimum atomic E-state index is -0.736. The Morgan fingerprint density at radius 2 is 1.94 bits per heavy atom. The Balaban J connectivity index is 1.29. The maximum atomic E-state index is 13.6. The zero-order chi connectivity index (χ0) is 25.7. The summed E-state index contributed by atoms with van der Waals surface area (Å²) in [5.41, 5.74) is 3.97. The van der Waals surface area contributed by atoms with Gasteiger partial charge in [0.1, 0.15) is 6.61 Å². The molecule has 2 aromatic carbocycles. The van der Waals surface area contributed by atoms with E-state index in [2.05, 4.69) is 45.0 Å². The van der Waals surface area contributed by atoms with Gasteiger partial charge in [-0.05, 0) is 79.0 Å². The molecule has 0 N–H and O–H groups in total. The van der Waals surface area contributed by atoms with Crippen LogP contribution in [0.15, 0.2) is 54.6 Å². The van der Waals surface area contributed by atoms with Gasteiger partial charge >= 0.3 is 12.1 Å². The number of rotatable bonds is 5. The van der Waals surface area contributed by atoms with Crippen LogP contribution in [-0.4, -0.2) is 31.3 Å². The molecule has 0 spiro atoms. The summed E-state index contributed by atoms with van der Waals surface area (Å²) in [6.45, 7) is 9.11. The van der Waals surface area contributed by atoms with E-state index in [1.54, 1.807) is 24.3 Å². The largest absolute Gasteiger partial charge is 0.461 e. The first kappa shape index (κ1) is 24.9. The molecule has 2 unspecified atom stereocenters. The number of nitrogens with zero attached hydrogens (tertiary/aromatic N) is 1. The van der Waals surface area contributed by atoms with Gasteiger partial charge in [-0.15, -0.1) is 0 Å². The first-order chi connectivity index (χ1) is 17.1. The quantitative estimate of drug-likeness (QED) is 0.329. The van der Waals surface area contributed by atoms with Crippen molar-refractivity contribution in [1.82, 2.24) is 0 Å². The molecule has 1 amide bonds. The Bertz CT molecular complexity index is 1210. The van der Waals surface area contributed by atoms with Gasteiger partial charge in [0.2, 0.25) is 0 Å². The molecule has 4 atom stereocenters. The molecule has 36 heavy (non-hydrogen) atoms. The van der Waals surface area contributed by atoms with Crippen molar-refractivity contribution in [2.24, 2.45) is 11.3 Å². The molecule has 190 valence electrons. The summed E-state index contributed by atoms with van der Waals surface area (Å²) in [6, 6.07) is 13.9. The van der Waals surface area contributed by atoms with Gasteiger partial charge in [0, 0.05) is 16.1 Å². The molecule has 1 saturated heterocycles. The number of ether oxygens (including phenoxy) is 2. The molecule has 1 heterocycles. The Kier molecular flexibility index (Phi) is 6.40. The third-order valence-electron chi connectivity index (χ3n) is 8.47. The van der Waals surface area contributed by atoms with Crippen LogP contribution in [0.2, 0.25) is 5.02 Å². The average molecular weight is 508 g/mol. The number of hydrogen-bond donors (Lipinski definition) is 0. The lowest BCUT2D eigenvalue weighted by Gasteiger charge is -2.51. The lowest BCUT2D eigenvalue weighted by atomic mass is 9.52. The van der Waals surface area contributed by atoms with Crippen LogP contribution in [0.25, 0.3) is 0 Å². The van der Waals surface area contributed by atoms with Gasteiger partial charge in [-0.3, -0.25) is 9.69 Å². The van der Waals surface area contributed by atoms with E-state index in [0.29, 0.717) is 23.2 Å². The van der Waals surface area contributed by atoms with Crippen LogP contribution in [0.1, 0.15) is 63.1 Å². The Labute approximate surface area is 218 Å². The number of aryl methyl sites for hydroxylation is 1. The molecule has 0 aromatic heterocycles. The van der Waals surface area contributed by atoms with Crippen LogP contribution >= 0.6 is 11.6 Å². The Morgan fingerprint density at radius 3 is 2.67 bits per heavy atom. The topological polar surface area (TPSA) is 55.8 Å². The summed E-state index contributed by atoms with van der Waals surface area (Å²) < 4.78 is 11.3. The Hall–Kier alpha value is -2.79. The number of carbonyl (C=O) groups excluding carboxylic acids is 2. The van der Waals surface area contributed by atoms with E-state index in [0.717, 1.165) is 19.3 Å². The van der Waals surface area contributed by atoms with Gasteiger partial charge in [-0.1, -0.05) is 62.7 Å². The summed E-state index contributed by atoms with van der Waals surface area (Å²) in [7, 11) is 0. The normalized spacial score (nSPS) is 29.1. The van der Waals surface area contributed by atoms with Crippen molar-refractivity contribution in [3.63, 3.8) is 0 Å². The highest BCUT2D eigenvalue weighted by molar-refractivity contribution is 6.30. The number of amides is 1.